The Morgan fingerprint density at radius 3 is 2.67 bits per heavy atom. The number of nitrogens with two attached hydrogens (primary N) is 1. The maximum Gasteiger partial charge on any atom is 0.131 e. The van der Waals surface area contributed by atoms with E-state index in [0.717, 1.165) is 31.0 Å². The molecule has 18 heavy (non-hydrogen) atoms. The normalized spacial score (nSPS) is 19.6. The summed E-state index contributed by atoms with van der Waals surface area (Å²) in [5.74, 6) is 2.37. The van der Waals surface area contributed by atoms with Gasteiger partial charge in [-0.3, -0.25) is 0 Å². The SMILES string of the molecule is NCCCNc1cnc(C2CC2)nc1C1CCC1. The van der Waals surface area contributed by atoms with E-state index >= 15 is 0 Å². The van der Waals surface area contributed by atoms with Gasteiger partial charge in [-0.2, -0.15) is 0 Å². The molecule has 1 aromatic rings. The molecule has 0 aromatic carbocycles. The molecule has 0 spiro atoms. The lowest BCUT2D eigenvalue weighted by molar-refractivity contribution is 0.410. The van der Waals surface area contributed by atoms with Crippen molar-refractivity contribution in [3.05, 3.63) is 17.7 Å². The minimum absolute atomic E-state index is 0.641. The molecule has 2 fully saturated rings. The minimum Gasteiger partial charge on any atom is -0.382 e. The summed E-state index contributed by atoms with van der Waals surface area (Å²) in [5, 5.41) is 3.44. The molecule has 0 amide bonds. The molecule has 3 rings (SSSR count). The molecule has 4 nitrogen and oxygen atoms in total. The fourth-order valence-corrected chi connectivity index (χ4v) is 2.40. The quantitative estimate of drug-likeness (QED) is 0.756. The average molecular weight is 246 g/mol. The minimum atomic E-state index is 0.641. The molecule has 2 aliphatic carbocycles. The zero-order valence-corrected chi connectivity index (χ0v) is 10.9. The van der Waals surface area contributed by atoms with Gasteiger partial charge in [0.05, 0.1) is 17.6 Å². The van der Waals surface area contributed by atoms with E-state index in [-0.39, 0.29) is 0 Å². The van der Waals surface area contributed by atoms with E-state index in [1.54, 1.807) is 0 Å². The molecule has 0 aliphatic heterocycles. The molecule has 2 saturated carbocycles. The number of anilines is 1. The highest BCUT2D eigenvalue weighted by Crippen LogP contribution is 2.42. The van der Waals surface area contributed by atoms with Crippen molar-refractivity contribution in [1.29, 1.82) is 0 Å². The van der Waals surface area contributed by atoms with Crippen molar-refractivity contribution in [2.24, 2.45) is 5.73 Å². The first kappa shape index (κ1) is 11.9. The van der Waals surface area contributed by atoms with E-state index in [2.05, 4.69) is 10.3 Å². The molecule has 0 unspecified atom stereocenters. The number of rotatable bonds is 6. The van der Waals surface area contributed by atoms with E-state index in [1.807, 2.05) is 6.20 Å². The molecule has 98 valence electrons. The van der Waals surface area contributed by atoms with Crippen LogP contribution in [0.15, 0.2) is 6.20 Å². The molecule has 2 aliphatic rings. The van der Waals surface area contributed by atoms with Crippen molar-refractivity contribution < 1.29 is 0 Å². The maximum atomic E-state index is 5.53. The second kappa shape index (κ2) is 5.22. The monoisotopic (exact) mass is 246 g/mol. The van der Waals surface area contributed by atoms with Crippen molar-refractivity contribution in [2.45, 2.75) is 50.4 Å². The number of nitrogens with one attached hydrogen (secondary N) is 1. The van der Waals surface area contributed by atoms with Crippen LogP contribution in [-0.4, -0.2) is 23.1 Å². The van der Waals surface area contributed by atoms with Gasteiger partial charge >= 0.3 is 0 Å². The van der Waals surface area contributed by atoms with Gasteiger partial charge in [-0.15, -0.1) is 0 Å². The highest BCUT2D eigenvalue weighted by molar-refractivity contribution is 5.48. The van der Waals surface area contributed by atoms with Crippen molar-refractivity contribution in [3.63, 3.8) is 0 Å². The predicted molar refractivity (Wildman–Crippen MR) is 72.8 cm³/mol. The molecule has 0 radical (unpaired) electrons. The van der Waals surface area contributed by atoms with E-state index < -0.39 is 0 Å². The Hall–Kier alpha value is -1.16. The molecular weight excluding hydrogens is 224 g/mol. The number of aromatic nitrogens is 2. The van der Waals surface area contributed by atoms with Gasteiger partial charge < -0.3 is 11.1 Å². The Kier molecular flexibility index (Phi) is 3.46. The van der Waals surface area contributed by atoms with E-state index in [4.69, 9.17) is 10.7 Å². The lowest BCUT2D eigenvalue weighted by Crippen LogP contribution is -2.17. The number of hydrogen-bond acceptors (Lipinski definition) is 4. The lowest BCUT2D eigenvalue weighted by Gasteiger charge is -2.27. The zero-order valence-electron chi connectivity index (χ0n) is 10.9. The molecule has 0 bridgehead atoms. The van der Waals surface area contributed by atoms with Gasteiger partial charge in [0.15, 0.2) is 0 Å². The van der Waals surface area contributed by atoms with Crippen LogP contribution in [0.25, 0.3) is 0 Å². The molecular formula is C14H22N4. The first-order chi connectivity index (χ1) is 8.88. The van der Waals surface area contributed by atoms with Crippen LogP contribution in [0.2, 0.25) is 0 Å². The van der Waals surface area contributed by atoms with Gasteiger partial charge in [0, 0.05) is 18.4 Å². The molecule has 1 heterocycles. The summed E-state index contributed by atoms with van der Waals surface area (Å²) in [6.07, 6.45) is 9.43. The predicted octanol–water partition coefficient (Wildman–Crippen LogP) is 2.38. The second-order valence-electron chi connectivity index (χ2n) is 5.50. The van der Waals surface area contributed by atoms with Crippen LogP contribution < -0.4 is 11.1 Å². The Morgan fingerprint density at radius 2 is 2.06 bits per heavy atom. The summed E-state index contributed by atoms with van der Waals surface area (Å²) in [6, 6.07) is 0. The zero-order chi connectivity index (χ0) is 12.4. The Morgan fingerprint density at radius 1 is 1.22 bits per heavy atom. The van der Waals surface area contributed by atoms with Crippen LogP contribution in [0.4, 0.5) is 5.69 Å². The molecule has 4 heteroatoms. The summed E-state index contributed by atoms with van der Waals surface area (Å²) in [7, 11) is 0. The molecule has 0 atom stereocenters. The van der Waals surface area contributed by atoms with Crippen LogP contribution in [0.3, 0.4) is 0 Å². The first-order valence-electron chi connectivity index (χ1n) is 7.19. The van der Waals surface area contributed by atoms with Crippen molar-refractivity contribution in [1.82, 2.24) is 9.97 Å². The van der Waals surface area contributed by atoms with Crippen molar-refractivity contribution in [2.75, 3.05) is 18.4 Å². The van der Waals surface area contributed by atoms with Crippen LogP contribution in [0, 0.1) is 0 Å². The van der Waals surface area contributed by atoms with Crippen LogP contribution in [0.1, 0.15) is 61.9 Å². The summed E-state index contributed by atoms with van der Waals surface area (Å²) in [6.45, 7) is 1.65. The third kappa shape index (κ3) is 2.48. The number of nitrogens with zero attached hydrogens (tertiary/aromatic N) is 2. The number of hydrogen-bond donors (Lipinski definition) is 2. The Labute approximate surface area is 108 Å². The van der Waals surface area contributed by atoms with Gasteiger partial charge in [0.2, 0.25) is 0 Å². The maximum absolute atomic E-state index is 5.53. The molecule has 3 N–H and O–H groups in total. The molecule has 0 saturated heterocycles. The standard InChI is InChI=1S/C14H22N4/c15-7-2-8-16-12-9-17-14(11-5-6-11)18-13(12)10-3-1-4-10/h9-11,16H,1-8,15H2. The van der Waals surface area contributed by atoms with Gasteiger partial charge in [-0.25, -0.2) is 9.97 Å². The summed E-state index contributed by atoms with van der Waals surface area (Å²) >= 11 is 0. The van der Waals surface area contributed by atoms with Gasteiger partial charge in [0.1, 0.15) is 5.82 Å². The Balaban J connectivity index is 1.77. The second-order valence-corrected chi connectivity index (χ2v) is 5.50. The van der Waals surface area contributed by atoms with Crippen molar-refractivity contribution in [3.8, 4) is 0 Å². The van der Waals surface area contributed by atoms with Crippen LogP contribution in [-0.2, 0) is 0 Å². The van der Waals surface area contributed by atoms with Crippen LogP contribution in [0.5, 0.6) is 0 Å². The van der Waals surface area contributed by atoms with Crippen molar-refractivity contribution >= 4 is 5.69 Å². The van der Waals surface area contributed by atoms with E-state index in [0.29, 0.717) is 11.8 Å². The largest absolute Gasteiger partial charge is 0.382 e. The lowest BCUT2D eigenvalue weighted by atomic mass is 9.82. The van der Waals surface area contributed by atoms with Crippen LogP contribution >= 0.6 is 0 Å². The fraction of sp³-hybridized carbons (Fsp3) is 0.714. The Bertz CT molecular complexity index is 410. The summed E-state index contributed by atoms with van der Waals surface area (Å²) < 4.78 is 0. The van der Waals surface area contributed by atoms with E-state index in [9.17, 15) is 0 Å². The topological polar surface area (TPSA) is 63.8 Å². The summed E-state index contributed by atoms with van der Waals surface area (Å²) in [5.41, 5.74) is 7.92. The highest BCUT2D eigenvalue weighted by atomic mass is 15.0. The smallest absolute Gasteiger partial charge is 0.131 e. The third-order valence-corrected chi connectivity index (χ3v) is 3.97. The van der Waals surface area contributed by atoms with Gasteiger partial charge in [-0.1, -0.05) is 6.42 Å². The average Bonchev–Trinajstić information content (AvgIpc) is 3.13. The summed E-state index contributed by atoms with van der Waals surface area (Å²) in [4.78, 5) is 9.35. The fourth-order valence-electron chi connectivity index (χ4n) is 2.40. The molecule has 1 aromatic heterocycles. The van der Waals surface area contributed by atoms with Gasteiger partial charge in [-0.05, 0) is 38.6 Å². The highest BCUT2D eigenvalue weighted by Gasteiger charge is 2.30. The third-order valence-electron chi connectivity index (χ3n) is 3.97. The first-order valence-corrected chi connectivity index (χ1v) is 7.19. The van der Waals surface area contributed by atoms with Gasteiger partial charge in [0.25, 0.3) is 0 Å². The van der Waals surface area contributed by atoms with E-state index in [1.165, 1.54) is 37.8 Å².